The van der Waals surface area contributed by atoms with E-state index >= 15 is 0 Å². The summed E-state index contributed by atoms with van der Waals surface area (Å²) in [7, 11) is 0. The minimum absolute atomic E-state index is 0.682. The lowest BCUT2D eigenvalue weighted by Gasteiger charge is -2.35. The van der Waals surface area contributed by atoms with Crippen LogP contribution in [0.15, 0.2) is 133 Å². The van der Waals surface area contributed by atoms with Gasteiger partial charge in [-0.05, 0) is 142 Å². The molecule has 0 N–H and O–H groups in total. The van der Waals surface area contributed by atoms with Gasteiger partial charge in [-0.15, -0.1) is 45.3 Å². The van der Waals surface area contributed by atoms with E-state index in [0.29, 0.717) is 36.2 Å². The molecule has 4 heterocycles. The summed E-state index contributed by atoms with van der Waals surface area (Å²) in [5.74, 6) is 3.48. The molecule has 12 rings (SSSR count). The minimum Gasteiger partial charge on any atom is -0.494 e. The second-order valence-electron chi connectivity index (χ2n) is 25.7. The van der Waals surface area contributed by atoms with Crippen LogP contribution in [0.1, 0.15) is 246 Å². The fourth-order valence-corrected chi connectivity index (χ4v) is 20.0. The van der Waals surface area contributed by atoms with E-state index in [9.17, 15) is 9.59 Å². The summed E-state index contributed by atoms with van der Waals surface area (Å²) in [6, 6.07) is 49.4. The van der Waals surface area contributed by atoms with Crippen LogP contribution >= 0.6 is 45.3 Å². The molecule has 0 unspecified atom stereocenters. The van der Waals surface area contributed by atoms with Crippen LogP contribution in [0, 0.1) is 0 Å². The quantitative estimate of drug-likeness (QED) is 0.0284. The second-order valence-corrected chi connectivity index (χ2v) is 29.9. The average Bonchev–Trinajstić information content (AvgIpc) is 1.48. The highest BCUT2D eigenvalue weighted by Gasteiger charge is 2.55. The van der Waals surface area contributed by atoms with E-state index in [4.69, 9.17) is 18.9 Å². The first-order chi connectivity index (χ1) is 45.4. The predicted octanol–water partition coefficient (Wildman–Crippen LogP) is 24.7. The van der Waals surface area contributed by atoms with Crippen LogP contribution < -0.4 is 18.9 Å². The first-order valence-electron chi connectivity index (χ1n) is 35.0. The minimum atomic E-state index is -0.826. The summed E-state index contributed by atoms with van der Waals surface area (Å²) in [6.07, 6.45) is 30.9. The Bertz CT molecular complexity index is 3660. The van der Waals surface area contributed by atoms with Crippen molar-refractivity contribution in [3.05, 3.63) is 188 Å². The number of unbranched alkanes of at least 4 members (excludes halogenated alkanes) is 20. The standard InChI is InChI=1S/C82H92O6S4/c1-5-9-13-17-21-25-49-85-63-39-31-59(32-40-63)81(60-33-41-64(42-34-60)86-50-26-22-18-14-10-6-2)71-69(47-29-57-53-67(55-83)89-75(57)71)77-73(81)79-80(91-77)74-78(92-79)70-48-30-58-54-68(56-84)90-76(58)72(70)82(74,61-35-43-65(44-36-61)87-51-27-23-19-15-11-7-3)62-37-45-66(46-38-62)88-52-28-24-20-16-12-8-4/h29-48,53-56H,5-28,49-52H2,1-4H3. The highest BCUT2D eigenvalue weighted by atomic mass is 32.1. The van der Waals surface area contributed by atoms with Gasteiger partial charge in [0.15, 0.2) is 12.6 Å². The van der Waals surface area contributed by atoms with Gasteiger partial charge in [0.2, 0.25) is 0 Å². The van der Waals surface area contributed by atoms with Crippen molar-refractivity contribution in [1.29, 1.82) is 0 Å². The van der Waals surface area contributed by atoms with Gasteiger partial charge in [-0.3, -0.25) is 9.59 Å². The molecular formula is C82H92O6S4. The third kappa shape index (κ3) is 13.2. The maximum Gasteiger partial charge on any atom is 0.160 e. The highest BCUT2D eigenvalue weighted by molar-refractivity contribution is 7.32. The molecule has 6 nitrogen and oxygen atoms in total. The molecule has 0 bridgehead atoms. The zero-order valence-corrected chi connectivity index (χ0v) is 58.0. The van der Waals surface area contributed by atoms with E-state index in [0.717, 1.165) is 104 Å². The van der Waals surface area contributed by atoms with E-state index < -0.39 is 10.8 Å². The molecule has 0 saturated heterocycles. The van der Waals surface area contributed by atoms with Gasteiger partial charge in [0.25, 0.3) is 0 Å². The summed E-state index contributed by atoms with van der Waals surface area (Å²) < 4.78 is 31.1. The van der Waals surface area contributed by atoms with Crippen molar-refractivity contribution in [2.75, 3.05) is 26.4 Å². The van der Waals surface area contributed by atoms with Crippen LogP contribution in [0.2, 0.25) is 0 Å². The van der Waals surface area contributed by atoms with Gasteiger partial charge in [0, 0.05) is 30.3 Å². The Labute approximate surface area is 562 Å². The molecule has 0 saturated carbocycles. The van der Waals surface area contributed by atoms with Crippen LogP contribution in [0.4, 0.5) is 0 Å². The summed E-state index contributed by atoms with van der Waals surface area (Å²) in [5.41, 5.74) is 10.3. The van der Waals surface area contributed by atoms with Crippen molar-refractivity contribution in [3.63, 3.8) is 0 Å². The van der Waals surface area contributed by atoms with E-state index in [-0.39, 0.29) is 0 Å². The molecule has 2 aliphatic carbocycles. The number of fused-ring (bicyclic) bond motifs is 13. The molecule has 0 aliphatic heterocycles. The highest BCUT2D eigenvalue weighted by Crippen LogP contribution is 2.70. The van der Waals surface area contributed by atoms with Crippen molar-refractivity contribution in [2.45, 2.75) is 193 Å². The van der Waals surface area contributed by atoms with Crippen LogP contribution in [0.3, 0.4) is 0 Å². The predicted molar refractivity (Wildman–Crippen MR) is 391 cm³/mol. The van der Waals surface area contributed by atoms with Crippen molar-refractivity contribution in [1.82, 2.24) is 0 Å². The van der Waals surface area contributed by atoms with Gasteiger partial charge in [-0.2, -0.15) is 0 Å². The Morgan fingerprint density at radius 2 is 0.576 bits per heavy atom. The first kappa shape index (κ1) is 65.5. The van der Waals surface area contributed by atoms with E-state index in [1.54, 1.807) is 22.7 Å². The molecule has 10 heteroatoms. The molecule has 4 aromatic heterocycles. The van der Waals surface area contributed by atoms with Gasteiger partial charge in [0.05, 0.1) is 56.4 Å². The SMILES string of the molecule is CCCCCCCCOc1ccc(C2(c3ccc(OCCCCCCCC)cc3)c3c(ccc4cc(C=O)sc34)-c3sc4c5c(sc4c32)-c2ccc3cc(C=O)sc3c2C5(c2ccc(OCCCCCCCC)cc2)c2ccc(OCCCCCCCC)cc2)cc1. The van der Waals surface area contributed by atoms with Crippen molar-refractivity contribution >= 4 is 87.5 Å². The number of benzene rings is 6. The van der Waals surface area contributed by atoms with E-state index in [1.165, 1.54) is 181 Å². The molecule has 0 spiro atoms. The molecule has 0 fully saturated rings. The monoisotopic (exact) mass is 1300 g/mol. The number of ether oxygens (including phenoxy) is 4. The van der Waals surface area contributed by atoms with Crippen molar-refractivity contribution < 1.29 is 28.5 Å². The summed E-state index contributed by atoms with van der Waals surface area (Å²) in [5, 5.41) is 2.14. The van der Waals surface area contributed by atoms with Crippen LogP contribution in [0.5, 0.6) is 23.0 Å². The van der Waals surface area contributed by atoms with Gasteiger partial charge in [0.1, 0.15) is 23.0 Å². The summed E-state index contributed by atoms with van der Waals surface area (Å²) in [6.45, 7) is 11.8. The Morgan fingerprint density at radius 1 is 0.304 bits per heavy atom. The molecule has 0 atom stereocenters. The third-order valence-corrected chi connectivity index (χ3v) is 24.2. The largest absolute Gasteiger partial charge is 0.494 e. The Kier molecular flexibility index (Phi) is 22.2. The zero-order chi connectivity index (χ0) is 63.3. The fraction of sp³-hybridized carbons (Fsp3) is 0.415. The van der Waals surface area contributed by atoms with Crippen molar-refractivity contribution in [3.8, 4) is 43.9 Å². The second kappa shape index (κ2) is 31.1. The molecule has 480 valence electrons. The van der Waals surface area contributed by atoms with Gasteiger partial charge >= 0.3 is 0 Å². The maximum absolute atomic E-state index is 12.9. The number of aldehydes is 2. The Balaban J connectivity index is 1.06. The topological polar surface area (TPSA) is 71.1 Å². The zero-order valence-electron chi connectivity index (χ0n) is 54.7. The third-order valence-electron chi connectivity index (χ3n) is 19.4. The van der Waals surface area contributed by atoms with Crippen LogP contribution in [-0.2, 0) is 10.8 Å². The average molecular weight is 1300 g/mol. The number of hydrogen-bond acceptors (Lipinski definition) is 10. The van der Waals surface area contributed by atoms with Crippen molar-refractivity contribution in [2.24, 2.45) is 0 Å². The molecule has 6 aromatic carbocycles. The molecule has 10 aromatic rings. The molecule has 2 aliphatic rings. The van der Waals surface area contributed by atoms with Gasteiger partial charge in [-0.1, -0.05) is 229 Å². The normalized spacial score (nSPS) is 13.4. The van der Waals surface area contributed by atoms with E-state index in [2.05, 4.69) is 161 Å². The summed E-state index contributed by atoms with van der Waals surface area (Å²) >= 11 is 7.05. The van der Waals surface area contributed by atoms with E-state index in [1.807, 2.05) is 22.7 Å². The lowest BCUT2D eigenvalue weighted by Crippen LogP contribution is -2.29. The molecule has 0 amide bonds. The molecule has 92 heavy (non-hydrogen) atoms. The van der Waals surface area contributed by atoms with Gasteiger partial charge in [-0.25, -0.2) is 0 Å². The first-order valence-corrected chi connectivity index (χ1v) is 38.3. The number of carbonyl (C=O) groups excluding carboxylic acids is 2. The Morgan fingerprint density at radius 3 is 0.848 bits per heavy atom. The van der Waals surface area contributed by atoms with Crippen LogP contribution in [0.25, 0.3) is 50.5 Å². The Hall–Kier alpha value is -6.56. The van der Waals surface area contributed by atoms with Crippen LogP contribution in [-0.4, -0.2) is 39.0 Å². The fourth-order valence-electron chi connectivity index (χ4n) is 14.7. The lowest BCUT2D eigenvalue weighted by molar-refractivity contribution is 0.111. The number of rotatable bonds is 38. The lowest BCUT2D eigenvalue weighted by atomic mass is 9.66. The number of hydrogen-bond donors (Lipinski definition) is 0. The molecule has 0 radical (unpaired) electrons. The van der Waals surface area contributed by atoms with Gasteiger partial charge < -0.3 is 18.9 Å². The molecular weight excluding hydrogens is 1210 g/mol. The maximum atomic E-state index is 12.9. The summed E-state index contributed by atoms with van der Waals surface area (Å²) in [4.78, 5) is 29.7. The number of thiophene rings is 4. The number of carbonyl (C=O) groups is 2. The smallest absolute Gasteiger partial charge is 0.160 e.